The number of carbonyl (C=O) groups excluding carboxylic acids is 1. The van der Waals surface area contributed by atoms with E-state index in [0.29, 0.717) is 23.8 Å². The number of nitrogens with one attached hydrogen (secondary N) is 2. The van der Waals surface area contributed by atoms with Crippen molar-refractivity contribution in [2.24, 2.45) is 0 Å². The summed E-state index contributed by atoms with van der Waals surface area (Å²) in [5.41, 5.74) is 0.618. The van der Waals surface area contributed by atoms with Crippen LogP contribution in [0.3, 0.4) is 0 Å². The lowest BCUT2D eigenvalue weighted by molar-refractivity contribution is -0.115. The Morgan fingerprint density at radius 1 is 1.37 bits per heavy atom. The van der Waals surface area contributed by atoms with E-state index in [1.165, 1.54) is 0 Å². The summed E-state index contributed by atoms with van der Waals surface area (Å²) in [5.74, 6) is -0.133. The molecule has 2 aromatic rings. The highest BCUT2D eigenvalue weighted by atomic mass is 35.5. The van der Waals surface area contributed by atoms with Gasteiger partial charge in [-0.15, -0.1) is 5.10 Å². The van der Waals surface area contributed by atoms with Gasteiger partial charge in [-0.05, 0) is 12.1 Å². The number of amides is 1. The summed E-state index contributed by atoms with van der Waals surface area (Å²) < 4.78 is 1.69. The van der Waals surface area contributed by atoms with Gasteiger partial charge in [-0.3, -0.25) is 9.48 Å². The van der Waals surface area contributed by atoms with E-state index in [1.54, 1.807) is 29.2 Å². The predicted molar refractivity (Wildman–Crippen MR) is 73.0 cm³/mol. The van der Waals surface area contributed by atoms with Crippen LogP contribution < -0.4 is 10.6 Å². The first-order valence-electron chi connectivity index (χ1n) is 5.85. The maximum Gasteiger partial charge on any atom is 0.238 e. The van der Waals surface area contributed by atoms with E-state index < -0.39 is 0 Å². The minimum Gasteiger partial charge on any atom is -0.324 e. The quantitative estimate of drug-likeness (QED) is 0.779. The molecule has 1 heterocycles. The van der Waals surface area contributed by atoms with Crippen LogP contribution in [0, 0.1) is 0 Å². The molecule has 7 heteroatoms. The molecular weight excluding hydrogens is 266 g/mol. The third-order valence-electron chi connectivity index (χ3n) is 2.42. The van der Waals surface area contributed by atoms with Gasteiger partial charge in [-0.1, -0.05) is 28.9 Å². The van der Waals surface area contributed by atoms with Gasteiger partial charge in [0.2, 0.25) is 5.91 Å². The number of benzene rings is 1. The summed E-state index contributed by atoms with van der Waals surface area (Å²) in [5, 5.41) is 13.8. The molecule has 0 spiro atoms. The van der Waals surface area contributed by atoms with Gasteiger partial charge < -0.3 is 10.6 Å². The Bertz CT molecular complexity index is 529. The van der Waals surface area contributed by atoms with E-state index in [4.69, 9.17) is 11.6 Å². The first-order valence-corrected chi connectivity index (χ1v) is 6.23. The first-order chi connectivity index (χ1) is 9.25. The normalized spacial score (nSPS) is 10.4. The van der Waals surface area contributed by atoms with Crippen LogP contribution in [0.1, 0.15) is 0 Å². The van der Waals surface area contributed by atoms with Crippen molar-refractivity contribution in [2.75, 3.05) is 18.4 Å². The summed E-state index contributed by atoms with van der Waals surface area (Å²) in [4.78, 5) is 11.7. The van der Waals surface area contributed by atoms with Gasteiger partial charge in [-0.2, -0.15) is 0 Å². The Kier molecular flexibility index (Phi) is 4.88. The van der Waals surface area contributed by atoms with Crippen molar-refractivity contribution in [3.63, 3.8) is 0 Å². The van der Waals surface area contributed by atoms with Crippen molar-refractivity contribution < 1.29 is 4.79 Å². The van der Waals surface area contributed by atoms with E-state index in [2.05, 4.69) is 20.9 Å². The van der Waals surface area contributed by atoms with Crippen molar-refractivity contribution in [3.8, 4) is 0 Å². The zero-order chi connectivity index (χ0) is 13.5. The van der Waals surface area contributed by atoms with Crippen molar-refractivity contribution >= 4 is 23.2 Å². The molecule has 0 saturated heterocycles. The molecule has 2 N–H and O–H groups in total. The second-order valence-electron chi connectivity index (χ2n) is 3.87. The molecule has 0 bridgehead atoms. The van der Waals surface area contributed by atoms with Crippen molar-refractivity contribution in [1.82, 2.24) is 20.3 Å². The van der Waals surface area contributed by atoms with Crippen LogP contribution in [0.4, 0.5) is 5.69 Å². The van der Waals surface area contributed by atoms with Gasteiger partial charge in [0.05, 0.1) is 30.0 Å². The molecule has 0 aliphatic carbocycles. The third-order valence-corrected chi connectivity index (χ3v) is 2.75. The molecule has 0 aliphatic heterocycles. The Balaban J connectivity index is 1.69. The topological polar surface area (TPSA) is 71.8 Å². The smallest absolute Gasteiger partial charge is 0.238 e. The van der Waals surface area contributed by atoms with Gasteiger partial charge in [0.1, 0.15) is 0 Å². The molecule has 0 unspecified atom stereocenters. The monoisotopic (exact) mass is 279 g/mol. The summed E-state index contributed by atoms with van der Waals surface area (Å²) in [7, 11) is 0. The molecule has 1 amide bonds. The fraction of sp³-hybridized carbons (Fsp3) is 0.250. The number of anilines is 1. The second-order valence-corrected chi connectivity index (χ2v) is 4.28. The molecule has 1 aromatic heterocycles. The van der Waals surface area contributed by atoms with Gasteiger partial charge in [0, 0.05) is 12.7 Å². The molecule has 6 nitrogen and oxygen atoms in total. The third kappa shape index (κ3) is 4.35. The Morgan fingerprint density at radius 2 is 2.21 bits per heavy atom. The van der Waals surface area contributed by atoms with E-state index in [1.807, 2.05) is 12.1 Å². The van der Waals surface area contributed by atoms with Crippen molar-refractivity contribution in [1.29, 1.82) is 0 Å². The number of hydrogen-bond acceptors (Lipinski definition) is 4. The summed E-state index contributed by atoms with van der Waals surface area (Å²) in [6.45, 7) is 1.53. The number of hydrogen-bond donors (Lipinski definition) is 2. The molecular formula is C12H14ClN5O. The highest BCUT2D eigenvalue weighted by Crippen LogP contribution is 2.19. The number of rotatable bonds is 6. The van der Waals surface area contributed by atoms with Gasteiger partial charge in [0.15, 0.2) is 0 Å². The molecule has 19 heavy (non-hydrogen) atoms. The standard InChI is InChI=1S/C12H14ClN5O/c13-10-3-1-2-4-11(10)16-12(19)9-14-5-7-18-8-6-15-17-18/h1-4,6,8,14H,5,7,9H2,(H,16,19). The van der Waals surface area contributed by atoms with Crippen molar-refractivity contribution in [2.45, 2.75) is 6.54 Å². The minimum atomic E-state index is -0.133. The average molecular weight is 280 g/mol. The van der Waals surface area contributed by atoms with Crippen LogP contribution in [0.2, 0.25) is 5.02 Å². The lowest BCUT2D eigenvalue weighted by Crippen LogP contribution is -2.30. The molecule has 1 aromatic carbocycles. The van der Waals surface area contributed by atoms with Crippen LogP contribution in [0.15, 0.2) is 36.7 Å². The Hall–Kier alpha value is -1.92. The zero-order valence-corrected chi connectivity index (χ0v) is 11.0. The van der Waals surface area contributed by atoms with Gasteiger partial charge in [-0.25, -0.2) is 0 Å². The van der Waals surface area contributed by atoms with E-state index >= 15 is 0 Å². The van der Waals surface area contributed by atoms with Gasteiger partial charge >= 0.3 is 0 Å². The summed E-state index contributed by atoms with van der Waals surface area (Å²) in [6, 6.07) is 7.12. The summed E-state index contributed by atoms with van der Waals surface area (Å²) in [6.07, 6.45) is 3.38. The number of para-hydroxylation sites is 1. The molecule has 100 valence electrons. The Labute approximate surface area is 115 Å². The van der Waals surface area contributed by atoms with Crippen LogP contribution in [0.25, 0.3) is 0 Å². The van der Waals surface area contributed by atoms with Crippen LogP contribution >= 0.6 is 11.6 Å². The lowest BCUT2D eigenvalue weighted by Gasteiger charge is -2.07. The highest BCUT2D eigenvalue weighted by Gasteiger charge is 2.04. The molecule has 2 rings (SSSR count). The maximum absolute atomic E-state index is 11.7. The fourth-order valence-electron chi connectivity index (χ4n) is 1.50. The Morgan fingerprint density at radius 3 is 2.95 bits per heavy atom. The van der Waals surface area contributed by atoms with Crippen LogP contribution in [-0.4, -0.2) is 34.0 Å². The fourth-order valence-corrected chi connectivity index (χ4v) is 1.69. The zero-order valence-electron chi connectivity index (χ0n) is 10.2. The minimum absolute atomic E-state index is 0.133. The van der Waals surface area contributed by atoms with E-state index in [9.17, 15) is 4.79 Å². The van der Waals surface area contributed by atoms with E-state index in [0.717, 1.165) is 0 Å². The molecule has 0 radical (unpaired) electrons. The number of nitrogens with zero attached hydrogens (tertiary/aromatic N) is 3. The van der Waals surface area contributed by atoms with Gasteiger partial charge in [0.25, 0.3) is 0 Å². The molecule has 0 fully saturated rings. The van der Waals surface area contributed by atoms with Crippen molar-refractivity contribution in [3.05, 3.63) is 41.7 Å². The molecule has 0 saturated carbocycles. The number of aromatic nitrogens is 3. The van der Waals surface area contributed by atoms with E-state index in [-0.39, 0.29) is 12.5 Å². The number of carbonyl (C=O) groups is 1. The average Bonchev–Trinajstić information content (AvgIpc) is 2.91. The second kappa shape index (κ2) is 6.86. The number of halogens is 1. The predicted octanol–water partition coefficient (Wildman–Crippen LogP) is 1.16. The van der Waals surface area contributed by atoms with Crippen LogP contribution in [0.5, 0.6) is 0 Å². The highest BCUT2D eigenvalue weighted by molar-refractivity contribution is 6.33. The summed E-state index contributed by atoms with van der Waals surface area (Å²) >= 11 is 5.94. The first kappa shape index (κ1) is 13.5. The largest absolute Gasteiger partial charge is 0.324 e. The lowest BCUT2D eigenvalue weighted by atomic mass is 10.3. The van der Waals surface area contributed by atoms with Crippen LogP contribution in [-0.2, 0) is 11.3 Å². The molecule has 0 atom stereocenters. The maximum atomic E-state index is 11.7. The molecule has 0 aliphatic rings. The SMILES string of the molecule is O=C(CNCCn1ccnn1)Nc1ccccc1Cl.